The monoisotopic (exact) mass is 310 g/mol. The van der Waals surface area contributed by atoms with E-state index in [0.29, 0.717) is 11.4 Å². The number of ketones is 1. The van der Waals surface area contributed by atoms with Crippen molar-refractivity contribution in [3.8, 4) is 0 Å². The van der Waals surface area contributed by atoms with Gasteiger partial charge in [0.25, 0.3) is 0 Å². The molecule has 2 aromatic heterocycles. The second kappa shape index (κ2) is 5.81. The number of fused-ring (bicyclic) bond motifs is 1. The van der Waals surface area contributed by atoms with Crippen molar-refractivity contribution in [2.24, 2.45) is 0 Å². The number of carbonyl (C=O) groups is 1. The van der Waals surface area contributed by atoms with Gasteiger partial charge in [-0.25, -0.2) is 9.50 Å². The summed E-state index contributed by atoms with van der Waals surface area (Å²) >= 11 is 0. The van der Waals surface area contributed by atoms with E-state index in [0.717, 1.165) is 27.9 Å². The smallest absolute Gasteiger partial charge is 0.159 e. The lowest BCUT2D eigenvalue weighted by Gasteiger charge is -2.11. The van der Waals surface area contributed by atoms with E-state index in [2.05, 4.69) is 15.4 Å². The number of benzene rings is 1. The fourth-order valence-electron chi connectivity index (χ4n) is 2.56. The van der Waals surface area contributed by atoms with Crippen LogP contribution >= 0.6 is 0 Å². The molecule has 6 nitrogen and oxygen atoms in total. The Hall–Kier alpha value is -2.73. The molecular weight excluding hydrogens is 292 g/mol. The van der Waals surface area contributed by atoms with Crippen molar-refractivity contribution < 1.29 is 9.90 Å². The first-order valence-electron chi connectivity index (χ1n) is 7.32. The van der Waals surface area contributed by atoms with Gasteiger partial charge in [0.1, 0.15) is 11.8 Å². The van der Waals surface area contributed by atoms with Crippen LogP contribution in [0, 0.1) is 13.8 Å². The molecule has 0 atom stereocenters. The summed E-state index contributed by atoms with van der Waals surface area (Å²) in [4.78, 5) is 15.9. The van der Waals surface area contributed by atoms with Crippen molar-refractivity contribution in [2.75, 3.05) is 5.32 Å². The lowest BCUT2D eigenvalue weighted by atomic mass is 10.1. The lowest BCUT2D eigenvalue weighted by molar-refractivity contribution is 0.101. The van der Waals surface area contributed by atoms with Gasteiger partial charge in [-0.3, -0.25) is 4.79 Å². The summed E-state index contributed by atoms with van der Waals surface area (Å²) < 4.78 is 1.69. The molecule has 0 aliphatic carbocycles. The van der Waals surface area contributed by atoms with E-state index in [1.165, 1.54) is 6.33 Å². The average molecular weight is 310 g/mol. The highest BCUT2D eigenvalue weighted by Gasteiger charge is 2.13. The Morgan fingerprint density at radius 1 is 1.35 bits per heavy atom. The minimum absolute atomic E-state index is 0.0160. The molecule has 0 amide bonds. The van der Waals surface area contributed by atoms with Gasteiger partial charge in [-0.15, -0.1) is 0 Å². The van der Waals surface area contributed by atoms with E-state index in [-0.39, 0.29) is 12.4 Å². The number of aromatic nitrogens is 3. The van der Waals surface area contributed by atoms with Crippen LogP contribution in [-0.4, -0.2) is 25.5 Å². The number of hydrogen-bond donors (Lipinski definition) is 2. The molecule has 0 radical (unpaired) electrons. The van der Waals surface area contributed by atoms with Gasteiger partial charge in [-0.1, -0.05) is 12.1 Å². The molecule has 0 fully saturated rings. The summed E-state index contributed by atoms with van der Waals surface area (Å²) in [5.41, 5.74) is 5.03. The zero-order chi connectivity index (χ0) is 16.6. The van der Waals surface area contributed by atoms with Gasteiger partial charge in [0.05, 0.1) is 6.61 Å². The summed E-state index contributed by atoms with van der Waals surface area (Å²) in [6, 6.07) is 5.54. The molecule has 3 rings (SSSR count). The third-order valence-corrected chi connectivity index (χ3v) is 4.00. The molecule has 3 aromatic rings. The number of rotatable bonds is 4. The number of aryl methyl sites for hydroxylation is 2. The Morgan fingerprint density at radius 2 is 2.13 bits per heavy atom. The van der Waals surface area contributed by atoms with E-state index in [9.17, 15) is 9.90 Å². The summed E-state index contributed by atoms with van der Waals surface area (Å²) in [5.74, 6) is 0.656. The van der Waals surface area contributed by atoms with E-state index in [1.807, 2.05) is 32.0 Å². The van der Waals surface area contributed by atoms with Gasteiger partial charge < -0.3 is 10.4 Å². The maximum absolute atomic E-state index is 11.6. The Balaban J connectivity index is 2.10. The van der Waals surface area contributed by atoms with Crippen LogP contribution < -0.4 is 5.32 Å². The normalized spacial score (nSPS) is 11.0. The summed E-state index contributed by atoms with van der Waals surface area (Å²) in [7, 11) is 0. The fourth-order valence-corrected chi connectivity index (χ4v) is 2.56. The second-order valence-corrected chi connectivity index (χ2v) is 5.55. The molecule has 0 aliphatic heterocycles. The Kier molecular flexibility index (Phi) is 3.83. The van der Waals surface area contributed by atoms with Crippen LogP contribution in [0.5, 0.6) is 0 Å². The van der Waals surface area contributed by atoms with Crippen molar-refractivity contribution in [1.82, 2.24) is 14.6 Å². The predicted molar refractivity (Wildman–Crippen MR) is 88.1 cm³/mol. The third kappa shape index (κ3) is 2.68. The van der Waals surface area contributed by atoms with Crippen LogP contribution in [0.4, 0.5) is 11.5 Å². The summed E-state index contributed by atoms with van der Waals surface area (Å²) in [5, 5.41) is 16.9. The topological polar surface area (TPSA) is 79.5 Å². The highest BCUT2D eigenvalue weighted by Crippen LogP contribution is 2.27. The van der Waals surface area contributed by atoms with Crippen LogP contribution in [0.15, 0.2) is 30.7 Å². The average Bonchev–Trinajstić information content (AvgIpc) is 2.86. The van der Waals surface area contributed by atoms with E-state index in [1.54, 1.807) is 17.6 Å². The van der Waals surface area contributed by atoms with Crippen molar-refractivity contribution in [1.29, 1.82) is 0 Å². The molecule has 0 saturated carbocycles. The Labute approximate surface area is 133 Å². The van der Waals surface area contributed by atoms with Crippen LogP contribution in [0.2, 0.25) is 0 Å². The Morgan fingerprint density at radius 3 is 2.83 bits per heavy atom. The number of hydrogen-bond acceptors (Lipinski definition) is 5. The quantitative estimate of drug-likeness (QED) is 0.724. The van der Waals surface area contributed by atoms with Crippen LogP contribution in [0.1, 0.15) is 34.0 Å². The van der Waals surface area contributed by atoms with Crippen LogP contribution in [-0.2, 0) is 6.61 Å². The van der Waals surface area contributed by atoms with Crippen molar-refractivity contribution in [2.45, 2.75) is 27.4 Å². The molecule has 1 aromatic carbocycles. The van der Waals surface area contributed by atoms with Gasteiger partial charge in [-0.2, -0.15) is 5.10 Å². The molecule has 0 saturated heterocycles. The van der Waals surface area contributed by atoms with Gasteiger partial charge in [-0.05, 0) is 38.0 Å². The molecule has 0 unspecified atom stereocenters. The first kappa shape index (κ1) is 15.2. The van der Waals surface area contributed by atoms with E-state index >= 15 is 0 Å². The number of anilines is 2. The van der Waals surface area contributed by atoms with Gasteiger partial charge in [0.15, 0.2) is 11.6 Å². The highest BCUT2D eigenvalue weighted by atomic mass is 16.3. The first-order valence-corrected chi connectivity index (χ1v) is 7.32. The maximum atomic E-state index is 11.6. The van der Waals surface area contributed by atoms with Crippen LogP contribution in [0.25, 0.3) is 5.52 Å². The van der Waals surface area contributed by atoms with E-state index < -0.39 is 0 Å². The minimum atomic E-state index is -0.0481. The highest BCUT2D eigenvalue weighted by molar-refractivity contribution is 5.95. The zero-order valence-electron chi connectivity index (χ0n) is 13.3. The molecule has 0 bridgehead atoms. The zero-order valence-corrected chi connectivity index (χ0v) is 13.3. The molecule has 2 heterocycles. The van der Waals surface area contributed by atoms with Gasteiger partial charge >= 0.3 is 0 Å². The molecule has 2 N–H and O–H groups in total. The summed E-state index contributed by atoms with van der Waals surface area (Å²) in [6.45, 7) is 5.39. The SMILES string of the molecule is CC(=O)c1ccc(C)c(Nc2ncnn3cc(CO)c(C)c23)c1. The second-order valence-electron chi connectivity index (χ2n) is 5.55. The molecule has 23 heavy (non-hydrogen) atoms. The molecule has 6 heteroatoms. The number of aliphatic hydroxyl groups is 1. The van der Waals surface area contributed by atoms with Gasteiger partial charge in [0, 0.05) is 23.0 Å². The molecule has 0 aliphatic rings. The molecule has 0 spiro atoms. The van der Waals surface area contributed by atoms with Crippen LogP contribution in [0.3, 0.4) is 0 Å². The third-order valence-electron chi connectivity index (χ3n) is 4.00. The number of Topliss-reactive ketones (excluding diaryl/α,β-unsaturated/α-hetero) is 1. The number of aliphatic hydroxyl groups excluding tert-OH is 1. The largest absolute Gasteiger partial charge is 0.392 e. The summed E-state index contributed by atoms with van der Waals surface area (Å²) in [6.07, 6.45) is 3.25. The minimum Gasteiger partial charge on any atom is -0.392 e. The number of nitrogens with one attached hydrogen (secondary N) is 1. The number of nitrogens with zero attached hydrogens (tertiary/aromatic N) is 3. The van der Waals surface area contributed by atoms with Crippen molar-refractivity contribution in [3.05, 3.63) is 53.0 Å². The fraction of sp³-hybridized carbons (Fsp3) is 0.235. The van der Waals surface area contributed by atoms with Crippen molar-refractivity contribution in [3.63, 3.8) is 0 Å². The maximum Gasteiger partial charge on any atom is 0.159 e. The van der Waals surface area contributed by atoms with Gasteiger partial charge in [0.2, 0.25) is 0 Å². The number of carbonyl (C=O) groups excluding carboxylic acids is 1. The first-order chi connectivity index (χ1) is 11.0. The Bertz CT molecular complexity index is 899. The predicted octanol–water partition coefficient (Wildman–Crippen LogP) is 2.78. The standard InChI is InChI=1S/C17H18N4O2/c1-10-4-5-13(12(3)23)6-15(10)20-17-16-11(2)14(8-22)7-21(16)19-9-18-17/h4-7,9,22H,8H2,1-3H3,(H,18,19,20). The lowest BCUT2D eigenvalue weighted by Crippen LogP contribution is -2.02. The molecule has 118 valence electrons. The molecular formula is C17H18N4O2. The van der Waals surface area contributed by atoms with Crippen molar-refractivity contribution >= 4 is 22.8 Å². The van der Waals surface area contributed by atoms with E-state index in [4.69, 9.17) is 0 Å².